The molecule has 6 nitrogen and oxygen atoms in total. The van der Waals surface area contributed by atoms with Gasteiger partial charge in [-0.2, -0.15) is 0 Å². The number of ether oxygens (including phenoxy) is 1. The van der Waals surface area contributed by atoms with Crippen LogP contribution in [0.5, 0.6) is 0 Å². The van der Waals surface area contributed by atoms with Crippen LogP contribution < -0.4 is 0 Å². The molecule has 2 fully saturated rings. The summed E-state index contributed by atoms with van der Waals surface area (Å²) in [7, 11) is -2.05. The standard InChI is InChI=1S/C14H25NO5S/c1-20-13(16)6-4-10-21(18,19)15-9-8-14(17)7-3-2-5-12(14)11-15/h12,17H,2-11H2,1H3. The molecule has 0 aromatic carbocycles. The number of fused-ring (bicyclic) bond motifs is 1. The first kappa shape index (κ1) is 16.7. The fraction of sp³-hybridized carbons (Fsp3) is 0.929. The third-order valence-electron chi connectivity index (χ3n) is 4.79. The van der Waals surface area contributed by atoms with Crippen LogP contribution in [-0.4, -0.2) is 55.4 Å². The van der Waals surface area contributed by atoms with E-state index in [4.69, 9.17) is 0 Å². The molecule has 1 aliphatic carbocycles. The number of piperidine rings is 1. The Morgan fingerprint density at radius 1 is 1.38 bits per heavy atom. The summed E-state index contributed by atoms with van der Waals surface area (Å²) in [5.41, 5.74) is -0.670. The first-order chi connectivity index (χ1) is 9.87. The smallest absolute Gasteiger partial charge is 0.305 e. The first-order valence-electron chi connectivity index (χ1n) is 7.64. The Labute approximate surface area is 126 Å². The van der Waals surface area contributed by atoms with Crippen molar-refractivity contribution in [3.63, 3.8) is 0 Å². The number of aliphatic hydroxyl groups is 1. The fourth-order valence-electron chi connectivity index (χ4n) is 3.42. The number of rotatable bonds is 5. The van der Waals surface area contributed by atoms with Gasteiger partial charge in [-0.25, -0.2) is 12.7 Å². The molecule has 2 unspecified atom stereocenters. The Morgan fingerprint density at radius 3 is 2.86 bits per heavy atom. The molecule has 1 saturated carbocycles. The van der Waals surface area contributed by atoms with Crippen LogP contribution in [0.4, 0.5) is 0 Å². The highest BCUT2D eigenvalue weighted by atomic mass is 32.2. The van der Waals surface area contributed by atoms with Crippen molar-refractivity contribution in [1.82, 2.24) is 4.31 Å². The number of carbonyl (C=O) groups excluding carboxylic acids is 1. The predicted octanol–water partition coefficient (Wildman–Crippen LogP) is 0.896. The van der Waals surface area contributed by atoms with Crippen LogP contribution in [-0.2, 0) is 19.6 Å². The summed E-state index contributed by atoms with van der Waals surface area (Å²) < 4.78 is 30.7. The molecule has 0 aromatic rings. The second-order valence-corrected chi connectivity index (χ2v) is 8.24. The lowest BCUT2D eigenvalue weighted by Crippen LogP contribution is -2.54. The molecule has 122 valence electrons. The highest BCUT2D eigenvalue weighted by molar-refractivity contribution is 7.89. The van der Waals surface area contributed by atoms with E-state index in [1.165, 1.54) is 11.4 Å². The molecule has 0 bridgehead atoms. The van der Waals surface area contributed by atoms with Gasteiger partial charge in [-0.05, 0) is 25.7 Å². The third kappa shape index (κ3) is 3.96. The zero-order chi connectivity index (χ0) is 15.5. The number of hydrogen-bond donors (Lipinski definition) is 1. The van der Waals surface area contributed by atoms with Gasteiger partial charge in [0.1, 0.15) is 0 Å². The van der Waals surface area contributed by atoms with Crippen molar-refractivity contribution in [3.05, 3.63) is 0 Å². The van der Waals surface area contributed by atoms with E-state index in [9.17, 15) is 18.3 Å². The molecule has 2 aliphatic rings. The van der Waals surface area contributed by atoms with Crippen molar-refractivity contribution in [2.24, 2.45) is 5.92 Å². The van der Waals surface area contributed by atoms with Crippen molar-refractivity contribution in [2.45, 2.75) is 50.5 Å². The number of methoxy groups -OCH3 is 1. The Morgan fingerprint density at radius 2 is 2.14 bits per heavy atom. The lowest BCUT2D eigenvalue weighted by Gasteiger charge is -2.46. The summed E-state index contributed by atoms with van der Waals surface area (Å²) in [6.45, 7) is 0.796. The molecule has 0 amide bonds. The number of nitrogens with zero attached hydrogens (tertiary/aromatic N) is 1. The predicted molar refractivity (Wildman–Crippen MR) is 78.1 cm³/mol. The van der Waals surface area contributed by atoms with Crippen molar-refractivity contribution in [1.29, 1.82) is 0 Å². The van der Waals surface area contributed by atoms with Crippen molar-refractivity contribution >= 4 is 16.0 Å². The Bertz CT molecular complexity index is 478. The van der Waals surface area contributed by atoms with Gasteiger partial charge in [-0.15, -0.1) is 0 Å². The topological polar surface area (TPSA) is 83.9 Å². The van der Waals surface area contributed by atoms with Crippen molar-refractivity contribution in [2.75, 3.05) is 26.0 Å². The molecule has 1 N–H and O–H groups in total. The van der Waals surface area contributed by atoms with Gasteiger partial charge in [0.05, 0.1) is 18.5 Å². The molecule has 0 aromatic heterocycles. The van der Waals surface area contributed by atoms with Gasteiger partial charge >= 0.3 is 5.97 Å². The minimum atomic E-state index is -3.35. The van der Waals surface area contributed by atoms with Gasteiger partial charge in [-0.3, -0.25) is 4.79 Å². The molecule has 7 heteroatoms. The molecular formula is C14H25NO5S. The maximum absolute atomic E-state index is 12.3. The lowest BCUT2D eigenvalue weighted by molar-refractivity contribution is -0.140. The van der Waals surface area contributed by atoms with E-state index in [0.29, 0.717) is 19.5 Å². The molecular weight excluding hydrogens is 294 g/mol. The molecule has 2 rings (SSSR count). The number of sulfonamides is 1. The fourth-order valence-corrected chi connectivity index (χ4v) is 4.97. The van der Waals surface area contributed by atoms with Crippen LogP contribution in [0.1, 0.15) is 44.9 Å². The van der Waals surface area contributed by atoms with Crippen LogP contribution in [0.15, 0.2) is 0 Å². The Hall–Kier alpha value is -0.660. The normalized spacial score (nSPS) is 30.7. The maximum Gasteiger partial charge on any atom is 0.305 e. The van der Waals surface area contributed by atoms with E-state index in [1.807, 2.05) is 0 Å². The van der Waals surface area contributed by atoms with Crippen LogP contribution in [0.3, 0.4) is 0 Å². The lowest BCUT2D eigenvalue weighted by atomic mass is 9.72. The largest absolute Gasteiger partial charge is 0.469 e. The van der Waals surface area contributed by atoms with E-state index in [2.05, 4.69) is 4.74 Å². The van der Waals surface area contributed by atoms with Gasteiger partial charge < -0.3 is 9.84 Å². The van der Waals surface area contributed by atoms with E-state index >= 15 is 0 Å². The summed E-state index contributed by atoms with van der Waals surface area (Å²) in [6, 6.07) is 0. The van der Waals surface area contributed by atoms with Crippen LogP contribution in [0.25, 0.3) is 0 Å². The monoisotopic (exact) mass is 319 g/mol. The Balaban J connectivity index is 1.91. The molecule has 1 aliphatic heterocycles. The van der Waals surface area contributed by atoms with Gasteiger partial charge in [0.25, 0.3) is 0 Å². The van der Waals surface area contributed by atoms with E-state index in [0.717, 1.165) is 25.7 Å². The quantitative estimate of drug-likeness (QED) is 0.761. The van der Waals surface area contributed by atoms with Gasteiger partial charge in [0.15, 0.2) is 0 Å². The van der Waals surface area contributed by atoms with E-state index in [-0.39, 0.29) is 30.5 Å². The number of esters is 1. The summed E-state index contributed by atoms with van der Waals surface area (Å²) in [6.07, 6.45) is 4.69. The third-order valence-corrected chi connectivity index (χ3v) is 6.72. The summed E-state index contributed by atoms with van der Waals surface area (Å²) in [5, 5.41) is 10.6. The van der Waals surface area contributed by atoms with Crippen LogP contribution >= 0.6 is 0 Å². The van der Waals surface area contributed by atoms with Crippen LogP contribution in [0.2, 0.25) is 0 Å². The van der Waals surface area contributed by atoms with E-state index in [1.54, 1.807) is 0 Å². The highest BCUT2D eigenvalue weighted by Crippen LogP contribution is 2.40. The SMILES string of the molecule is COC(=O)CCCS(=O)(=O)N1CCC2(O)CCCCC2C1. The number of carbonyl (C=O) groups is 1. The molecule has 0 spiro atoms. The molecule has 2 atom stereocenters. The first-order valence-corrected chi connectivity index (χ1v) is 9.25. The molecule has 1 saturated heterocycles. The molecule has 1 heterocycles. The maximum atomic E-state index is 12.3. The average Bonchev–Trinajstić information content (AvgIpc) is 2.45. The zero-order valence-electron chi connectivity index (χ0n) is 12.6. The minimum Gasteiger partial charge on any atom is -0.469 e. The van der Waals surface area contributed by atoms with Gasteiger partial charge in [0, 0.05) is 25.4 Å². The van der Waals surface area contributed by atoms with Gasteiger partial charge in [-0.1, -0.05) is 12.8 Å². The molecule has 21 heavy (non-hydrogen) atoms. The summed E-state index contributed by atoms with van der Waals surface area (Å²) in [5.74, 6) is -0.367. The highest BCUT2D eigenvalue weighted by Gasteiger charge is 2.45. The van der Waals surface area contributed by atoms with Gasteiger partial charge in [0.2, 0.25) is 10.0 Å². The summed E-state index contributed by atoms with van der Waals surface area (Å²) in [4.78, 5) is 11.0. The summed E-state index contributed by atoms with van der Waals surface area (Å²) >= 11 is 0. The van der Waals surface area contributed by atoms with Crippen LogP contribution in [0, 0.1) is 5.92 Å². The minimum absolute atomic E-state index is 0.0345. The molecule has 0 radical (unpaired) electrons. The van der Waals surface area contributed by atoms with E-state index < -0.39 is 15.6 Å². The number of hydrogen-bond acceptors (Lipinski definition) is 5. The van der Waals surface area contributed by atoms with Crippen molar-refractivity contribution in [3.8, 4) is 0 Å². The second kappa shape index (κ2) is 6.62. The second-order valence-electron chi connectivity index (χ2n) is 6.15. The zero-order valence-corrected chi connectivity index (χ0v) is 13.4. The Kier molecular flexibility index (Phi) is 5.27. The average molecular weight is 319 g/mol. The van der Waals surface area contributed by atoms with Crippen molar-refractivity contribution < 1.29 is 23.1 Å².